The number of ether oxygens (including phenoxy) is 2. The van der Waals surface area contributed by atoms with Crippen molar-refractivity contribution < 1.29 is 24.2 Å². The molecule has 0 aromatic heterocycles. The molecule has 26 heavy (non-hydrogen) atoms. The second kappa shape index (κ2) is 9.22. The molecule has 0 fully saturated rings. The Kier molecular flexibility index (Phi) is 6.73. The van der Waals surface area contributed by atoms with E-state index in [-0.39, 0.29) is 12.5 Å². The van der Waals surface area contributed by atoms with Gasteiger partial charge in [-0.15, -0.1) is 0 Å². The van der Waals surface area contributed by atoms with E-state index in [2.05, 4.69) is 10.5 Å². The van der Waals surface area contributed by atoms with Crippen LogP contribution in [0.3, 0.4) is 0 Å². The molecule has 0 aliphatic carbocycles. The number of aryl methyl sites for hydroxylation is 1. The molecular weight excluding hydrogens is 336 g/mol. The Hall–Kier alpha value is -3.35. The van der Waals surface area contributed by atoms with Gasteiger partial charge >= 0.3 is 5.97 Å². The third-order valence-corrected chi connectivity index (χ3v) is 3.34. The standard InChI is InChI=1S/C19H20N2O5/c1-13-4-3-5-17(10-13)25-11-18(22)21-20-14(2)15-6-8-16(9-7-15)26-12-19(23)24/h3-10H,11-12H2,1-2H3,(H,21,22)(H,23,24)/b20-14-. The maximum atomic E-state index is 11.8. The summed E-state index contributed by atoms with van der Waals surface area (Å²) in [6.07, 6.45) is 0. The minimum atomic E-state index is -1.04. The van der Waals surface area contributed by atoms with Gasteiger partial charge in [0.15, 0.2) is 13.2 Å². The first kappa shape index (κ1) is 19.0. The van der Waals surface area contributed by atoms with Crippen LogP contribution < -0.4 is 14.9 Å². The van der Waals surface area contributed by atoms with E-state index in [4.69, 9.17) is 14.6 Å². The third-order valence-electron chi connectivity index (χ3n) is 3.34. The highest BCUT2D eigenvalue weighted by atomic mass is 16.5. The minimum absolute atomic E-state index is 0.137. The lowest BCUT2D eigenvalue weighted by atomic mass is 10.1. The fourth-order valence-electron chi connectivity index (χ4n) is 2.03. The number of nitrogens with one attached hydrogen (secondary N) is 1. The van der Waals surface area contributed by atoms with E-state index in [0.717, 1.165) is 11.1 Å². The van der Waals surface area contributed by atoms with Crippen molar-refractivity contribution in [2.24, 2.45) is 5.10 Å². The zero-order valence-electron chi connectivity index (χ0n) is 14.6. The van der Waals surface area contributed by atoms with Crippen molar-refractivity contribution in [1.29, 1.82) is 0 Å². The average molecular weight is 356 g/mol. The van der Waals surface area contributed by atoms with E-state index < -0.39 is 12.6 Å². The number of carbonyl (C=O) groups is 2. The summed E-state index contributed by atoms with van der Waals surface area (Å²) < 4.78 is 10.5. The highest BCUT2D eigenvalue weighted by Crippen LogP contribution is 2.13. The average Bonchev–Trinajstić information content (AvgIpc) is 2.63. The zero-order chi connectivity index (χ0) is 18.9. The van der Waals surface area contributed by atoms with Gasteiger partial charge in [-0.2, -0.15) is 5.10 Å². The van der Waals surface area contributed by atoms with E-state index in [1.54, 1.807) is 37.3 Å². The highest BCUT2D eigenvalue weighted by molar-refractivity contribution is 5.99. The summed E-state index contributed by atoms with van der Waals surface area (Å²) in [5, 5.41) is 12.6. The van der Waals surface area contributed by atoms with Gasteiger partial charge in [-0.3, -0.25) is 4.79 Å². The first-order chi connectivity index (χ1) is 12.4. The first-order valence-electron chi connectivity index (χ1n) is 7.91. The second-order valence-electron chi connectivity index (χ2n) is 5.54. The summed E-state index contributed by atoms with van der Waals surface area (Å²) in [4.78, 5) is 22.3. The number of hydrogen-bond donors (Lipinski definition) is 2. The summed E-state index contributed by atoms with van der Waals surface area (Å²) in [5.74, 6) is -0.341. The molecule has 2 N–H and O–H groups in total. The third kappa shape index (κ3) is 6.27. The first-order valence-corrected chi connectivity index (χ1v) is 7.91. The molecule has 0 radical (unpaired) electrons. The summed E-state index contributed by atoms with van der Waals surface area (Å²) in [7, 11) is 0. The van der Waals surface area contributed by atoms with Gasteiger partial charge in [-0.05, 0) is 61.4 Å². The summed E-state index contributed by atoms with van der Waals surface area (Å²) in [6.45, 7) is 3.15. The van der Waals surface area contributed by atoms with Crippen LogP contribution in [-0.2, 0) is 9.59 Å². The molecular formula is C19H20N2O5. The summed E-state index contributed by atoms with van der Waals surface area (Å²) >= 11 is 0. The number of carbonyl (C=O) groups excluding carboxylic acids is 1. The molecule has 0 saturated carbocycles. The van der Waals surface area contributed by atoms with Crippen LogP contribution in [0.2, 0.25) is 0 Å². The number of hydrazone groups is 1. The van der Waals surface area contributed by atoms with Crippen molar-refractivity contribution in [3.63, 3.8) is 0 Å². The predicted octanol–water partition coefficient (Wildman–Crippen LogP) is 2.38. The van der Waals surface area contributed by atoms with E-state index in [0.29, 0.717) is 17.2 Å². The Morgan fingerprint density at radius 3 is 2.38 bits per heavy atom. The van der Waals surface area contributed by atoms with E-state index in [1.807, 2.05) is 25.1 Å². The topological polar surface area (TPSA) is 97.2 Å². The molecule has 2 aromatic carbocycles. The van der Waals surface area contributed by atoms with Crippen molar-refractivity contribution in [3.05, 3.63) is 59.7 Å². The monoisotopic (exact) mass is 356 g/mol. The molecule has 0 heterocycles. The van der Waals surface area contributed by atoms with Gasteiger partial charge in [0.2, 0.25) is 0 Å². The van der Waals surface area contributed by atoms with Gasteiger partial charge < -0.3 is 14.6 Å². The Morgan fingerprint density at radius 2 is 1.73 bits per heavy atom. The maximum absolute atomic E-state index is 11.8. The molecule has 0 spiro atoms. The number of carboxylic acid groups (broad SMARTS) is 1. The summed E-state index contributed by atoms with van der Waals surface area (Å²) in [5.41, 5.74) is 4.85. The van der Waals surface area contributed by atoms with Crippen LogP contribution >= 0.6 is 0 Å². The normalized spacial score (nSPS) is 10.9. The number of aliphatic carboxylic acids is 1. The molecule has 0 bridgehead atoms. The lowest BCUT2D eigenvalue weighted by Gasteiger charge is -2.07. The number of nitrogens with zero attached hydrogens (tertiary/aromatic N) is 1. The van der Waals surface area contributed by atoms with Gasteiger partial charge in [-0.25, -0.2) is 10.2 Å². The lowest BCUT2D eigenvalue weighted by molar-refractivity contribution is -0.139. The Bertz CT molecular complexity index is 800. The molecule has 136 valence electrons. The molecule has 7 nitrogen and oxygen atoms in total. The van der Waals surface area contributed by atoms with Crippen LogP contribution in [0.4, 0.5) is 0 Å². The molecule has 0 saturated heterocycles. The molecule has 2 aromatic rings. The van der Waals surface area contributed by atoms with Gasteiger partial charge in [0.25, 0.3) is 5.91 Å². The van der Waals surface area contributed by atoms with Crippen molar-refractivity contribution in [2.45, 2.75) is 13.8 Å². The number of hydrogen-bond acceptors (Lipinski definition) is 5. The van der Waals surface area contributed by atoms with Gasteiger partial charge in [-0.1, -0.05) is 12.1 Å². The van der Waals surface area contributed by atoms with E-state index in [1.165, 1.54) is 0 Å². The van der Waals surface area contributed by atoms with E-state index >= 15 is 0 Å². The van der Waals surface area contributed by atoms with Crippen LogP contribution in [0.5, 0.6) is 11.5 Å². The van der Waals surface area contributed by atoms with Crippen LogP contribution in [0, 0.1) is 6.92 Å². The number of benzene rings is 2. The Labute approximate surface area is 151 Å². The molecule has 0 aliphatic heterocycles. The minimum Gasteiger partial charge on any atom is -0.484 e. The quantitative estimate of drug-likeness (QED) is 0.559. The lowest BCUT2D eigenvalue weighted by Crippen LogP contribution is -2.25. The van der Waals surface area contributed by atoms with Gasteiger partial charge in [0.1, 0.15) is 11.5 Å². The van der Waals surface area contributed by atoms with Gasteiger partial charge in [0, 0.05) is 0 Å². The number of rotatable bonds is 8. The SMILES string of the molecule is C/C(=N/NC(=O)COc1cccc(C)c1)c1ccc(OCC(=O)O)cc1. The van der Waals surface area contributed by atoms with Crippen molar-refractivity contribution in [1.82, 2.24) is 5.43 Å². The van der Waals surface area contributed by atoms with Gasteiger partial charge in [0.05, 0.1) is 5.71 Å². The molecule has 1 amide bonds. The predicted molar refractivity (Wildman–Crippen MR) is 96.6 cm³/mol. The van der Waals surface area contributed by atoms with Crippen LogP contribution in [0.1, 0.15) is 18.1 Å². The highest BCUT2D eigenvalue weighted by Gasteiger charge is 2.04. The molecule has 0 aliphatic rings. The van der Waals surface area contributed by atoms with Crippen LogP contribution in [-0.4, -0.2) is 35.9 Å². The van der Waals surface area contributed by atoms with Crippen molar-refractivity contribution in [3.8, 4) is 11.5 Å². The van der Waals surface area contributed by atoms with Crippen molar-refractivity contribution in [2.75, 3.05) is 13.2 Å². The van der Waals surface area contributed by atoms with Crippen LogP contribution in [0.15, 0.2) is 53.6 Å². The Morgan fingerprint density at radius 1 is 1.04 bits per heavy atom. The number of amides is 1. The molecule has 0 unspecified atom stereocenters. The fraction of sp³-hybridized carbons (Fsp3) is 0.211. The van der Waals surface area contributed by atoms with Crippen molar-refractivity contribution >= 4 is 17.6 Å². The smallest absolute Gasteiger partial charge is 0.341 e. The molecule has 0 atom stereocenters. The van der Waals surface area contributed by atoms with Crippen LogP contribution in [0.25, 0.3) is 0 Å². The number of carboxylic acids is 1. The second-order valence-corrected chi connectivity index (χ2v) is 5.54. The zero-order valence-corrected chi connectivity index (χ0v) is 14.6. The maximum Gasteiger partial charge on any atom is 0.341 e. The fourth-order valence-corrected chi connectivity index (χ4v) is 2.03. The molecule has 2 rings (SSSR count). The Balaban J connectivity index is 1.84. The molecule has 7 heteroatoms. The largest absolute Gasteiger partial charge is 0.484 e. The van der Waals surface area contributed by atoms with E-state index in [9.17, 15) is 9.59 Å². The summed E-state index contributed by atoms with van der Waals surface area (Å²) in [6, 6.07) is 14.2.